The molecule has 3 aliphatic rings. The Balaban J connectivity index is 1.45. The van der Waals surface area contributed by atoms with Crippen molar-refractivity contribution in [3.63, 3.8) is 0 Å². The third kappa shape index (κ3) is 3.77. The minimum Gasteiger partial charge on any atom is -0.489 e. The number of ether oxygens (including phenoxy) is 1. The Kier molecular flexibility index (Phi) is 5.82. The SMILES string of the molecule is C[C@]12CC[C@@H]3c4ccc(OCc5ccccc5)cc4CC[C@H]3[C@@H]1[C@H](C(=O)O)[C@@H](C(=O)O)[C@@H]2C(=O)O. The van der Waals surface area contributed by atoms with Gasteiger partial charge in [-0.1, -0.05) is 43.3 Å². The molecule has 0 radical (unpaired) electrons. The van der Waals surface area contributed by atoms with Gasteiger partial charge in [0.15, 0.2) is 0 Å². The maximum Gasteiger partial charge on any atom is 0.308 e. The highest BCUT2D eigenvalue weighted by Gasteiger charge is 2.68. The average Bonchev–Trinajstić information content (AvgIpc) is 3.13. The van der Waals surface area contributed by atoms with Crippen LogP contribution in [0.3, 0.4) is 0 Å². The summed E-state index contributed by atoms with van der Waals surface area (Å²) in [4.78, 5) is 36.7. The van der Waals surface area contributed by atoms with Crippen molar-refractivity contribution in [3.05, 3.63) is 65.2 Å². The molecule has 0 heterocycles. The quantitative estimate of drug-likeness (QED) is 0.561. The van der Waals surface area contributed by atoms with Gasteiger partial charge in [0.1, 0.15) is 12.4 Å². The zero-order chi connectivity index (χ0) is 24.9. The maximum absolute atomic E-state index is 12.4. The van der Waals surface area contributed by atoms with E-state index in [2.05, 4.69) is 12.1 Å². The van der Waals surface area contributed by atoms with Gasteiger partial charge in [-0.25, -0.2) is 0 Å². The van der Waals surface area contributed by atoms with Crippen molar-refractivity contribution in [2.45, 2.75) is 45.1 Å². The number of aryl methyl sites for hydroxylation is 1. The summed E-state index contributed by atoms with van der Waals surface area (Å²) in [5.41, 5.74) is 2.55. The minimum absolute atomic E-state index is 0.0652. The van der Waals surface area contributed by atoms with E-state index < -0.39 is 47.0 Å². The summed E-state index contributed by atoms with van der Waals surface area (Å²) in [6.07, 6.45) is 2.66. The van der Waals surface area contributed by atoms with E-state index in [1.54, 1.807) is 0 Å². The highest BCUT2D eigenvalue weighted by atomic mass is 16.5. The first-order chi connectivity index (χ1) is 16.7. The first kappa shape index (κ1) is 23.4. The van der Waals surface area contributed by atoms with E-state index in [-0.39, 0.29) is 11.8 Å². The Morgan fingerprint density at radius 3 is 2.31 bits per heavy atom. The molecular weight excluding hydrogens is 448 g/mol. The second-order valence-corrected chi connectivity index (χ2v) is 10.6. The number of hydrogen-bond acceptors (Lipinski definition) is 4. The topological polar surface area (TPSA) is 121 Å². The fourth-order valence-corrected chi connectivity index (χ4v) is 7.59. The van der Waals surface area contributed by atoms with Crippen LogP contribution >= 0.6 is 0 Å². The average molecular weight is 479 g/mol. The number of aliphatic carboxylic acids is 3. The molecule has 7 nitrogen and oxygen atoms in total. The van der Waals surface area contributed by atoms with Crippen LogP contribution < -0.4 is 4.74 Å². The van der Waals surface area contributed by atoms with Crippen LogP contribution in [0.2, 0.25) is 0 Å². The first-order valence-corrected chi connectivity index (χ1v) is 12.2. The number of carboxylic acid groups (broad SMARTS) is 3. The van der Waals surface area contributed by atoms with Gasteiger partial charge in [0.25, 0.3) is 0 Å². The molecule has 3 N–H and O–H groups in total. The minimum atomic E-state index is -1.42. The maximum atomic E-state index is 12.4. The summed E-state index contributed by atoms with van der Waals surface area (Å²) in [5, 5.41) is 30.0. The molecule has 0 spiro atoms. The predicted octanol–water partition coefficient (Wildman–Crippen LogP) is 4.44. The molecule has 0 saturated heterocycles. The van der Waals surface area contributed by atoms with Crippen molar-refractivity contribution in [2.24, 2.45) is 35.0 Å². The predicted molar refractivity (Wildman–Crippen MR) is 126 cm³/mol. The number of fused-ring (bicyclic) bond motifs is 5. The van der Waals surface area contributed by atoms with Gasteiger partial charge in [-0.15, -0.1) is 0 Å². The van der Waals surface area contributed by atoms with Crippen molar-refractivity contribution in [1.29, 1.82) is 0 Å². The molecule has 0 aliphatic heterocycles. The van der Waals surface area contributed by atoms with Crippen LogP contribution in [-0.2, 0) is 27.4 Å². The third-order valence-electron chi connectivity index (χ3n) is 8.92. The molecule has 0 bridgehead atoms. The molecule has 3 aliphatic carbocycles. The number of hydrogen-bond donors (Lipinski definition) is 3. The van der Waals surface area contributed by atoms with E-state index in [1.165, 1.54) is 5.56 Å². The first-order valence-electron chi connectivity index (χ1n) is 12.2. The summed E-state index contributed by atoms with van der Waals surface area (Å²) < 4.78 is 6.00. The van der Waals surface area contributed by atoms with Gasteiger partial charge in [0.2, 0.25) is 0 Å². The van der Waals surface area contributed by atoms with Crippen LogP contribution in [0, 0.1) is 35.0 Å². The lowest BCUT2D eigenvalue weighted by molar-refractivity contribution is -0.159. The van der Waals surface area contributed by atoms with E-state index in [0.29, 0.717) is 19.4 Å². The molecule has 7 heteroatoms. The highest BCUT2D eigenvalue weighted by molar-refractivity contribution is 5.88. The van der Waals surface area contributed by atoms with Crippen LogP contribution in [-0.4, -0.2) is 33.2 Å². The van der Waals surface area contributed by atoms with Crippen molar-refractivity contribution in [1.82, 2.24) is 0 Å². The highest BCUT2D eigenvalue weighted by Crippen LogP contribution is 2.66. The summed E-state index contributed by atoms with van der Waals surface area (Å²) >= 11 is 0. The zero-order valence-corrected chi connectivity index (χ0v) is 19.6. The Bertz CT molecular complexity index is 1160. The van der Waals surface area contributed by atoms with E-state index in [9.17, 15) is 29.7 Å². The molecule has 2 fully saturated rings. The van der Waals surface area contributed by atoms with Gasteiger partial charge in [-0.2, -0.15) is 0 Å². The molecule has 0 unspecified atom stereocenters. The number of benzene rings is 2. The Labute approximate surface area is 203 Å². The van der Waals surface area contributed by atoms with Crippen LogP contribution in [0.5, 0.6) is 5.75 Å². The Morgan fingerprint density at radius 1 is 0.943 bits per heavy atom. The van der Waals surface area contributed by atoms with Gasteiger partial charge < -0.3 is 20.1 Å². The lowest BCUT2D eigenvalue weighted by Crippen LogP contribution is -2.46. The smallest absolute Gasteiger partial charge is 0.308 e. The molecule has 35 heavy (non-hydrogen) atoms. The molecule has 184 valence electrons. The molecule has 2 saturated carbocycles. The van der Waals surface area contributed by atoms with Gasteiger partial charge in [0.05, 0.1) is 17.8 Å². The summed E-state index contributed by atoms with van der Waals surface area (Å²) in [5.74, 6) is -7.26. The van der Waals surface area contributed by atoms with Crippen molar-refractivity contribution in [3.8, 4) is 5.75 Å². The second kappa shape index (κ2) is 8.70. The van der Waals surface area contributed by atoms with Crippen LogP contribution in [0.4, 0.5) is 0 Å². The second-order valence-electron chi connectivity index (χ2n) is 10.6. The molecule has 2 aromatic carbocycles. The lowest BCUT2D eigenvalue weighted by Gasteiger charge is -2.51. The van der Waals surface area contributed by atoms with E-state index in [1.807, 2.05) is 43.3 Å². The summed E-state index contributed by atoms with van der Waals surface area (Å²) in [6, 6.07) is 16.0. The van der Waals surface area contributed by atoms with Crippen LogP contribution in [0.15, 0.2) is 48.5 Å². The fourth-order valence-electron chi connectivity index (χ4n) is 7.59. The van der Waals surface area contributed by atoms with Gasteiger partial charge in [-0.05, 0) is 77.7 Å². The standard InChI is InChI=1S/C28H30O7/c1-28-12-11-19-18-10-8-17(35-14-15-5-3-2-4-6-15)13-16(18)7-9-20(19)23(28)21(25(29)30)22(26(31)32)24(28)27(33)34/h2-6,8,10,13,19-24H,7,9,11-12,14H2,1H3,(H,29,30)(H,31,32)(H,33,34)/t19-,20-,21-,22-,23-,24-,28+/m1/s1. The normalized spacial score (nSPS) is 33.2. The van der Waals surface area contributed by atoms with Crippen molar-refractivity contribution in [2.75, 3.05) is 0 Å². The monoisotopic (exact) mass is 478 g/mol. The summed E-state index contributed by atoms with van der Waals surface area (Å²) in [6.45, 7) is 2.28. The van der Waals surface area contributed by atoms with E-state index in [0.717, 1.165) is 29.7 Å². The third-order valence-corrected chi connectivity index (χ3v) is 8.92. The largest absolute Gasteiger partial charge is 0.489 e. The van der Waals surface area contributed by atoms with E-state index >= 15 is 0 Å². The molecule has 5 rings (SSSR count). The molecule has 7 atom stereocenters. The number of carboxylic acids is 3. The zero-order valence-electron chi connectivity index (χ0n) is 19.6. The number of carbonyl (C=O) groups is 3. The molecular formula is C28H30O7. The molecule has 0 amide bonds. The molecule has 0 aromatic heterocycles. The molecule has 2 aromatic rings. The van der Waals surface area contributed by atoms with Crippen LogP contribution in [0.1, 0.15) is 48.8 Å². The van der Waals surface area contributed by atoms with Gasteiger partial charge >= 0.3 is 17.9 Å². The summed E-state index contributed by atoms with van der Waals surface area (Å²) in [7, 11) is 0. The Morgan fingerprint density at radius 2 is 1.66 bits per heavy atom. The lowest BCUT2D eigenvalue weighted by atomic mass is 9.53. The Hall–Kier alpha value is -3.35. The van der Waals surface area contributed by atoms with Gasteiger partial charge in [-0.3, -0.25) is 14.4 Å². The van der Waals surface area contributed by atoms with Crippen LogP contribution in [0.25, 0.3) is 0 Å². The van der Waals surface area contributed by atoms with Crippen molar-refractivity contribution < 1.29 is 34.4 Å². The fraction of sp³-hybridized carbons (Fsp3) is 0.464. The van der Waals surface area contributed by atoms with Crippen molar-refractivity contribution >= 4 is 17.9 Å². The van der Waals surface area contributed by atoms with E-state index in [4.69, 9.17) is 4.74 Å². The van der Waals surface area contributed by atoms with Gasteiger partial charge in [0, 0.05) is 0 Å². The number of rotatable bonds is 6.